The van der Waals surface area contributed by atoms with Gasteiger partial charge in [0.25, 0.3) is 5.91 Å². The predicted octanol–water partition coefficient (Wildman–Crippen LogP) is 4.23. The lowest BCUT2D eigenvalue weighted by Crippen LogP contribution is -2.46. The van der Waals surface area contributed by atoms with Gasteiger partial charge >= 0.3 is 6.09 Å². The fourth-order valence-corrected chi connectivity index (χ4v) is 4.57. The minimum absolute atomic E-state index is 0.200. The zero-order valence-corrected chi connectivity index (χ0v) is 15.7. The molecule has 1 atom stereocenters. The van der Waals surface area contributed by atoms with Gasteiger partial charge in [-0.3, -0.25) is 14.6 Å². The third-order valence-electron chi connectivity index (χ3n) is 4.18. The van der Waals surface area contributed by atoms with Crippen LogP contribution in [0.5, 0.6) is 0 Å². The first-order valence-electron chi connectivity index (χ1n) is 7.52. The van der Waals surface area contributed by atoms with Crippen LogP contribution in [0.1, 0.15) is 22.9 Å². The number of fused-ring (bicyclic) bond motifs is 1. The molecular weight excluding hydrogens is 392 g/mol. The molecule has 1 aromatic carbocycles. The van der Waals surface area contributed by atoms with Gasteiger partial charge in [0, 0.05) is 14.9 Å². The number of aryl methyl sites for hydroxylation is 1. The lowest BCUT2D eigenvalue weighted by molar-refractivity contribution is -0.122. The molecule has 0 fully saturated rings. The normalized spacial score (nSPS) is 17.6. The van der Waals surface area contributed by atoms with E-state index in [2.05, 4.69) is 15.9 Å². The highest BCUT2D eigenvalue weighted by molar-refractivity contribution is 9.10. The molecular formula is C17H17BrN2O3S. The second kappa shape index (κ2) is 6.57. The van der Waals surface area contributed by atoms with Gasteiger partial charge in [-0.2, -0.15) is 0 Å². The number of hydrogen-bond acceptors (Lipinski definition) is 3. The Labute approximate surface area is 152 Å². The number of amides is 2. The number of nitrogens with zero attached hydrogens (tertiary/aromatic N) is 2. The van der Waals surface area contributed by atoms with Crippen LogP contribution in [0.2, 0.25) is 0 Å². The van der Waals surface area contributed by atoms with E-state index in [1.807, 2.05) is 37.3 Å². The third kappa shape index (κ3) is 2.93. The van der Waals surface area contributed by atoms with Crippen molar-refractivity contribution in [3.05, 3.63) is 50.8 Å². The third-order valence-corrected chi connectivity index (χ3v) is 6.68. The van der Waals surface area contributed by atoms with Crippen LogP contribution in [0, 0.1) is 6.92 Å². The van der Waals surface area contributed by atoms with Crippen molar-refractivity contribution in [2.45, 2.75) is 33.0 Å². The number of rotatable bonds is 2. The van der Waals surface area contributed by atoms with Crippen molar-refractivity contribution in [2.24, 2.45) is 0 Å². The molecule has 1 aromatic heterocycles. The predicted molar refractivity (Wildman–Crippen MR) is 97.4 cm³/mol. The van der Waals surface area contributed by atoms with Gasteiger partial charge in [0.05, 0.1) is 13.1 Å². The molecule has 0 saturated heterocycles. The number of hydrogen-bond donors (Lipinski definition) is 1. The van der Waals surface area contributed by atoms with Gasteiger partial charge < -0.3 is 5.11 Å². The highest BCUT2D eigenvalue weighted by atomic mass is 79.9. The van der Waals surface area contributed by atoms with Gasteiger partial charge in [-0.05, 0) is 35.3 Å². The summed E-state index contributed by atoms with van der Waals surface area (Å²) in [5, 5.41) is 10.3. The van der Waals surface area contributed by atoms with Crippen LogP contribution in [0.4, 0.5) is 9.80 Å². The van der Waals surface area contributed by atoms with E-state index in [9.17, 15) is 14.7 Å². The highest BCUT2D eigenvalue weighted by Gasteiger charge is 2.37. The zero-order chi connectivity index (χ0) is 17.4. The number of thiophene rings is 1. The number of carboxylic acid groups (broad SMARTS) is 1. The minimum atomic E-state index is -1.08. The highest BCUT2D eigenvalue weighted by Crippen LogP contribution is 2.42. The van der Waals surface area contributed by atoms with Crippen LogP contribution in [-0.2, 0) is 17.9 Å². The molecule has 24 heavy (non-hydrogen) atoms. The quantitative estimate of drug-likeness (QED) is 0.808. The Morgan fingerprint density at radius 3 is 2.67 bits per heavy atom. The Hall–Kier alpha value is -1.86. The summed E-state index contributed by atoms with van der Waals surface area (Å²) in [6.45, 7) is 4.24. The van der Waals surface area contributed by atoms with Crippen molar-refractivity contribution in [1.82, 2.24) is 4.90 Å². The molecule has 1 N–H and O–H groups in total. The van der Waals surface area contributed by atoms with E-state index >= 15 is 0 Å². The molecule has 2 amide bonds. The summed E-state index contributed by atoms with van der Waals surface area (Å²) < 4.78 is 0.883. The van der Waals surface area contributed by atoms with E-state index in [1.54, 1.807) is 11.8 Å². The second-order valence-electron chi connectivity index (χ2n) is 5.75. The van der Waals surface area contributed by atoms with Crippen LogP contribution < -0.4 is 4.90 Å². The molecule has 3 rings (SSSR count). The van der Waals surface area contributed by atoms with E-state index in [1.165, 1.54) is 16.2 Å². The molecule has 0 aliphatic carbocycles. The van der Waals surface area contributed by atoms with E-state index in [0.717, 1.165) is 25.5 Å². The summed E-state index contributed by atoms with van der Waals surface area (Å²) in [4.78, 5) is 28.5. The van der Waals surface area contributed by atoms with Crippen LogP contribution in [-0.4, -0.2) is 28.0 Å². The molecule has 0 spiro atoms. The monoisotopic (exact) mass is 408 g/mol. The molecule has 2 aromatic rings. The van der Waals surface area contributed by atoms with Gasteiger partial charge in [-0.1, -0.05) is 30.3 Å². The topological polar surface area (TPSA) is 60.9 Å². The molecule has 5 nitrogen and oxygen atoms in total. The Kier molecular flexibility index (Phi) is 4.64. The zero-order valence-electron chi connectivity index (χ0n) is 13.3. The van der Waals surface area contributed by atoms with Gasteiger partial charge in [-0.15, -0.1) is 11.3 Å². The molecule has 0 bridgehead atoms. The lowest BCUT2D eigenvalue weighted by Gasteiger charge is -2.26. The first-order valence-corrected chi connectivity index (χ1v) is 9.13. The van der Waals surface area contributed by atoms with Crippen molar-refractivity contribution in [1.29, 1.82) is 0 Å². The molecule has 126 valence electrons. The maximum Gasteiger partial charge on any atom is 0.408 e. The van der Waals surface area contributed by atoms with Crippen molar-refractivity contribution in [3.63, 3.8) is 0 Å². The van der Waals surface area contributed by atoms with E-state index in [4.69, 9.17) is 0 Å². The molecule has 0 radical (unpaired) electrons. The molecule has 1 aliphatic heterocycles. The van der Waals surface area contributed by atoms with Gasteiger partial charge in [0.15, 0.2) is 0 Å². The van der Waals surface area contributed by atoms with Gasteiger partial charge in [0.2, 0.25) is 0 Å². The van der Waals surface area contributed by atoms with E-state index < -0.39 is 12.1 Å². The first-order chi connectivity index (χ1) is 11.4. The summed E-state index contributed by atoms with van der Waals surface area (Å²) in [6.07, 6.45) is -1.08. The Morgan fingerprint density at radius 1 is 1.38 bits per heavy atom. The smallest absolute Gasteiger partial charge is 0.408 e. The second-order valence-corrected chi connectivity index (χ2v) is 7.75. The molecule has 0 saturated carbocycles. The fraction of sp³-hybridized carbons (Fsp3) is 0.294. The van der Waals surface area contributed by atoms with E-state index in [0.29, 0.717) is 6.54 Å². The average molecular weight is 409 g/mol. The van der Waals surface area contributed by atoms with Crippen molar-refractivity contribution in [2.75, 3.05) is 4.90 Å². The van der Waals surface area contributed by atoms with Crippen molar-refractivity contribution >= 4 is 44.3 Å². The molecule has 1 unspecified atom stereocenters. The summed E-state index contributed by atoms with van der Waals surface area (Å²) in [6, 6.07) is 9.00. The summed E-state index contributed by atoms with van der Waals surface area (Å²) in [5.41, 5.74) is 1.86. The number of carbonyl (C=O) groups is 2. The largest absolute Gasteiger partial charge is 0.465 e. The number of benzene rings is 1. The molecule has 7 heteroatoms. The van der Waals surface area contributed by atoms with Crippen LogP contribution in [0.3, 0.4) is 0 Å². The Morgan fingerprint density at radius 2 is 2.04 bits per heavy atom. The van der Waals surface area contributed by atoms with Crippen LogP contribution >= 0.6 is 27.3 Å². The first kappa shape index (κ1) is 17.0. The van der Waals surface area contributed by atoms with Crippen molar-refractivity contribution in [3.8, 4) is 0 Å². The average Bonchev–Trinajstić information content (AvgIpc) is 2.79. The molecule has 1 aliphatic rings. The van der Waals surface area contributed by atoms with Crippen LogP contribution in [0.25, 0.3) is 0 Å². The standard InChI is InChI=1S/C17H17BrN2O3S/c1-10-15(21)20(8-12-6-4-3-5-7-12)16-13(9-19(10)17(22)23)14(18)11(2)24-16/h3-7,10H,8-9H2,1-2H3,(H,22,23). The van der Waals surface area contributed by atoms with Gasteiger partial charge in [-0.25, -0.2) is 4.79 Å². The van der Waals surface area contributed by atoms with Crippen LogP contribution in [0.15, 0.2) is 34.8 Å². The minimum Gasteiger partial charge on any atom is -0.465 e. The maximum absolute atomic E-state index is 13.0. The fourth-order valence-electron chi connectivity index (χ4n) is 2.83. The summed E-state index contributed by atoms with van der Waals surface area (Å²) in [7, 11) is 0. The maximum atomic E-state index is 13.0. The number of anilines is 1. The van der Waals surface area contributed by atoms with Crippen molar-refractivity contribution < 1.29 is 14.7 Å². The van der Waals surface area contributed by atoms with Gasteiger partial charge in [0.1, 0.15) is 11.0 Å². The molecule has 2 heterocycles. The Balaban J connectivity index is 2.08. The Bertz CT molecular complexity index is 791. The number of carbonyl (C=O) groups excluding carboxylic acids is 1. The summed E-state index contributed by atoms with van der Waals surface area (Å²) >= 11 is 5.07. The lowest BCUT2D eigenvalue weighted by atomic mass is 10.2. The summed E-state index contributed by atoms with van der Waals surface area (Å²) in [5.74, 6) is -0.200. The van der Waals surface area contributed by atoms with E-state index in [-0.39, 0.29) is 12.5 Å². The SMILES string of the molecule is Cc1sc2c(c1Br)CN(C(=O)O)C(C)C(=O)N2Cc1ccccc1. The number of halogens is 1.